The molecule has 0 saturated carbocycles. The Labute approximate surface area is 143 Å². The number of carbonyl (C=O) groups is 1. The lowest BCUT2D eigenvalue weighted by molar-refractivity contribution is 0.0525. The maximum absolute atomic E-state index is 13.0. The summed E-state index contributed by atoms with van der Waals surface area (Å²) in [6.07, 6.45) is 2.49. The highest BCUT2D eigenvalue weighted by Gasteiger charge is 2.25. The molecule has 2 heterocycles. The number of amides is 1. The monoisotopic (exact) mass is 329 g/mol. The number of carbonyl (C=O) groups excluding carboxylic acids is 1. The normalized spacial score (nSPS) is 17.4. The fourth-order valence-corrected chi connectivity index (χ4v) is 3.41. The predicted molar refractivity (Wildman–Crippen MR) is 96.3 cm³/mol. The van der Waals surface area contributed by atoms with E-state index >= 15 is 0 Å². The van der Waals surface area contributed by atoms with Gasteiger partial charge in [-0.3, -0.25) is 9.69 Å². The van der Waals surface area contributed by atoms with Crippen molar-refractivity contribution in [1.29, 1.82) is 0 Å². The smallest absolute Gasteiger partial charge is 0.256 e. The highest BCUT2D eigenvalue weighted by Crippen LogP contribution is 2.23. The predicted octanol–water partition coefficient (Wildman–Crippen LogP) is 2.19. The summed E-state index contributed by atoms with van der Waals surface area (Å²) in [7, 11) is 0. The van der Waals surface area contributed by atoms with E-state index in [-0.39, 0.29) is 12.0 Å². The second-order valence-electron chi connectivity index (χ2n) is 6.50. The van der Waals surface area contributed by atoms with Crippen molar-refractivity contribution in [1.82, 2.24) is 14.4 Å². The number of para-hydroxylation sites is 1. The number of β-amino-alcohol motifs (C(OH)–C–C–N with tert-alkyl or cyclic N) is 1. The quantitative estimate of drug-likeness (QED) is 0.915. The molecule has 2 aromatic rings. The number of aryl methyl sites for hydroxylation is 1. The van der Waals surface area contributed by atoms with E-state index in [1.165, 1.54) is 0 Å². The van der Waals surface area contributed by atoms with Crippen LogP contribution in [0, 0.1) is 0 Å². The number of aliphatic hydroxyl groups is 1. The van der Waals surface area contributed by atoms with Gasteiger partial charge in [-0.2, -0.15) is 0 Å². The van der Waals surface area contributed by atoms with Crippen LogP contribution in [0.2, 0.25) is 0 Å². The van der Waals surface area contributed by atoms with Crippen molar-refractivity contribution in [2.24, 2.45) is 0 Å². The Hall–Kier alpha value is -1.85. The Morgan fingerprint density at radius 3 is 2.54 bits per heavy atom. The van der Waals surface area contributed by atoms with Gasteiger partial charge >= 0.3 is 0 Å². The van der Waals surface area contributed by atoms with Crippen LogP contribution in [0.25, 0.3) is 10.9 Å². The van der Waals surface area contributed by atoms with Crippen LogP contribution in [0.3, 0.4) is 0 Å². The molecule has 5 nitrogen and oxygen atoms in total. The molecule has 1 aromatic heterocycles. The summed E-state index contributed by atoms with van der Waals surface area (Å²) >= 11 is 0. The number of rotatable bonds is 5. The third-order valence-corrected chi connectivity index (χ3v) is 4.96. The Morgan fingerprint density at radius 1 is 1.17 bits per heavy atom. The largest absolute Gasteiger partial charge is 0.392 e. The molecule has 0 spiro atoms. The van der Waals surface area contributed by atoms with Gasteiger partial charge in [0.05, 0.1) is 11.7 Å². The van der Waals surface area contributed by atoms with E-state index in [1.54, 1.807) is 0 Å². The highest BCUT2D eigenvalue weighted by atomic mass is 16.3. The van der Waals surface area contributed by atoms with Gasteiger partial charge in [0.2, 0.25) is 0 Å². The standard InChI is InChI=1S/C19H27N3O2/c1-3-15(23)13-20-9-11-22(12-10-20)19(24)17-14-21(4-2)18-8-6-5-7-16(17)18/h5-8,14-15,23H,3-4,9-13H2,1-2H3/t15-/m0/s1. The van der Waals surface area contributed by atoms with Crippen LogP contribution in [-0.4, -0.2) is 64.2 Å². The van der Waals surface area contributed by atoms with Gasteiger partial charge in [-0.05, 0) is 19.4 Å². The van der Waals surface area contributed by atoms with Crippen LogP contribution in [0.4, 0.5) is 0 Å². The zero-order valence-corrected chi connectivity index (χ0v) is 14.6. The van der Waals surface area contributed by atoms with Crippen LogP contribution in [-0.2, 0) is 6.54 Å². The van der Waals surface area contributed by atoms with Crippen LogP contribution in [0.15, 0.2) is 30.5 Å². The third-order valence-electron chi connectivity index (χ3n) is 4.96. The van der Waals surface area contributed by atoms with Crippen molar-refractivity contribution in [3.63, 3.8) is 0 Å². The van der Waals surface area contributed by atoms with E-state index in [4.69, 9.17) is 0 Å². The first kappa shape index (κ1) is 17.0. The minimum atomic E-state index is -0.269. The molecule has 1 aliphatic rings. The third kappa shape index (κ3) is 3.32. The Kier molecular flexibility index (Phi) is 5.21. The van der Waals surface area contributed by atoms with Crippen molar-refractivity contribution < 1.29 is 9.90 Å². The number of fused-ring (bicyclic) bond motifs is 1. The molecule has 0 aliphatic carbocycles. The van der Waals surface area contributed by atoms with Crippen molar-refractivity contribution in [2.45, 2.75) is 32.9 Å². The van der Waals surface area contributed by atoms with Gasteiger partial charge in [0.25, 0.3) is 5.91 Å². The van der Waals surface area contributed by atoms with Gasteiger partial charge in [0.15, 0.2) is 0 Å². The summed E-state index contributed by atoms with van der Waals surface area (Å²) in [5.41, 5.74) is 1.92. The molecule has 24 heavy (non-hydrogen) atoms. The van der Waals surface area contributed by atoms with Crippen molar-refractivity contribution in [3.05, 3.63) is 36.0 Å². The summed E-state index contributed by atoms with van der Waals surface area (Å²) in [4.78, 5) is 17.2. The molecule has 0 radical (unpaired) electrons. The lowest BCUT2D eigenvalue weighted by Gasteiger charge is -2.35. The molecular weight excluding hydrogens is 302 g/mol. The van der Waals surface area contributed by atoms with Crippen LogP contribution >= 0.6 is 0 Å². The van der Waals surface area contributed by atoms with Gasteiger partial charge in [-0.15, -0.1) is 0 Å². The van der Waals surface area contributed by atoms with Crippen LogP contribution < -0.4 is 0 Å². The minimum Gasteiger partial charge on any atom is -0.392 e. The van der Waals surface area contributed by atoms with Gasteiger partial charge < -0.3 is 14.6 Å². The average Bonchev–Trinajstić information content (AvgIpc) is 3.00. The molecule has 0 bridgehead atoms. The summed E-state index contributed by atoms with van der Waals surface area (Å²) < 4.78 is 2.14. The first-order valence-corrected chi connectivity index (χ1v) is 8.91. The lowest BCUT2D eigenvalue weighted by Crippen LogP contribution is -2.50. The summed E-state index contributed by atoms with van der Waals surface area (Å²) in [6.45, 7) is 8.75. The lowest BCUT2D eigenvalue weighted by atomic mass is 10.1. The van der Waals surface area contributed by atoms with E-state index in [2.05, 4.69) is 22.5 Å². The van der Waals surface area contributed by atoms with E-state index in [9.17, 15) is 9.90 Å². The highest BCUT2D eigenvalue weighted by molar-refractivity contribution is 6.07. The fraction of sp³-hybridized carbons (Fsp3) is 0.526. The SMILES string of the molecule is CC[C@H](O)CN1CCN(C(=O)c2cn(CC)c3ccccc23)CC1. The molecule has 1 fully saturated rings. The van der Waals surface area contributed by atoms with Crippen LogP contribution in [0.5, 0.6) is 0 Å². The zero-order valence-electron chi connectivity index (χ0n) is 14.6. The molecule has 130 valence electrons. The number of benzene rings is 1. The van der Waals surface area contributed by atoms with Crippen molar-refractivity contribution >= 4 is 16.8 Å². The molecule has 1 N–H and O–H groups in total. The molecular formula is C19H27N3O2. The van der Waals surface area contributed by atoms with E-state index < -0.39 is 0 Å². The fourth-order valence-electron chi connectivity index (χ4n) is 3.41. The molecule has 1 aromatic carbocycles. The van der Waals surface area contributed by atoms with Crippen LogP contribution in [0.1, 0.15) is 30.6 Å². The molecule has 1 amide bonds. The van der Waals surface area contributed by atoms with Gasteiger partial charge in [0.1, 0.15) is 0 Å². The molecule has 1 aliphatic heterocycles. The summed E-state index contributed by atoms with van der Waals surface area (Å²) in [6, 6.07) is 8.10. The summed E-state index contributed by atoms with van der Waals surface area (Å²) in [5.74, 6) is 0.120. The van der Waals surface area contributed by atoms with E-state index in [1.807, 2.05) is 36.2 Å². The number of piperazine rings is 1. The van der Waals surface area contributed by atoms with Crippen molar-refractivity contribution in [2.75, 3.05) is 32.7 Å². The maximum Gasteiger partial charge on any atom is 0.256 e. The molecule has 5 heteroatoms. The number of nitrogens with zero attached hydrogens (tertiary/aromatic N) is 3. The second kappa shape index (κ2) is 7.36. The molecule has 0 unspecified atom stereocenters. The molecule has 1 saturated heterocycles. The maximum atomic E-state index is 13.0. The topological polar surface area (TPSA) is 48.7 Å². The zero-order chi connectivity index (χ0) is 17.1. The Balaban J connectivity index is 1.72. The number of hydrogen-bond donors (Lipinski definition) is 1. The van der Waals surface area contributed by atoms with E-state index in [0.29, 0.717) is 6.54 Å². The first-order valence-electron chi connectivity index (χ1n) is 8.91. The first-order chi connectivity index (χ1) is 11.6. The van der Waals surface area contributed by atoms with Gasteiger partial charge in [0, 0.05) is 56.4 Å². The van der Waals surface area contributed by atoms with E-state index in [0.717, 1.165) is 55.6 Å². The van der Waals surface area contributed by atoms with Gasteiger partial charge in [-0.1, -0.05) is 25.1 Å². The number of aliphatic hydroxyl groups excluding tert-OH is 1. The van der Waals surface area contributed by atoms with Crippen molar-refractivity contribution in [3.8, 4) is 0 Å². The van der Waals surface area contributed by atoms with Gasteiger partial charge in [-0.25, -0.2) is 0 Å². The summed E-state index contributed by atoms with van der Waals surface area (Å²) in [5, 5.41) is 10.8. The molecule has 3 rings (SSSR count). The minimum absolute atomic E-state index is 0.120. The average molecular weight is 329 g/mol. The molecule has 1 atom stereocenters. The second-order valence-corrected chi connectivity index (χ2v) is 6.50. The Bertz CT molecular complexity index is 702. The number of hydrogen-bond acceptors (Lipinski definition) is 3. The number of aromatic nitrogens is 1. The Morgan fingerprint density at radius 2 is 1.88 bits per heavy atom.